The molecule has 1 N–H and O–H groups in total. The summed E-state index contributed by atoms with van der Waals surface area (Å²) in [4.78, 5) is 18.5. The van der Waals surface area contributed by atoms with E-state index in [-0.39, 0.29) is 24.4 Å². The Hall–Kier alpha value is -1.83. The second-order valence-electron chi connectivity index (χ2n) is 5.87. The van der Waals surface area contributed by atoms with Crippen molar-refractivity contribution >= 4 is 22.9 Å². The van der Waals surface area contributed by atoms with E-state index in [1.165, 1.54) is 12.1 Å². The lowest BCUT2D eigenvalue weighted by Gasteiger charge is -2.16. The number of hydrogen-bond donors (Lipinski definition) is 1. The van der Waals surface area contributed by atoms with Crippen LogP contribution in [-0.4, -0.2) is 41.5 Å². The highest BCUT2D eigenvalue weighted by atomic mass is 32.1. The summed E-state index contributed by atoms with van der Waals surface area (Å²) in [6.45, 7) is 4.31. The van der Waals surface area contributed by atoms with Crippen molar-refractivity contribution in [1.29, 1.82) is 0 Å². The van der Waals surface area contributed by atoms with Crippen LogP contribution >= 0.6 is 11.3 Å². The number of nitrogens with zero attached hydrogens (tertiary/aromatic N) is 2. The maximum Gasteiger partial charge on any atom is 0.238 e. The highest BCUT2D eigenvalue weighted by molar-refractivity contribution is 7.09. The predicted octanol–water partition coefficient (Wildman–Crippen LogP) is 2.82. The Kier molecular flexibility index (Phi) is 5.55. The van der Waals surface area contributed by atoms with E-state index < -0.39 is 0 Å². The molecule has 0 spiro atoms. The number of rotatable bonds is 6. The molecule has 2 aromatic rings. The summed E-state index contributed by atoms with van der Waals surface area (Å²) in [5.41, 5.74) is 1.44. The van der Waals surface area contributed by atoms with Gasteiger partial charge in [-0.1, -0.05) is 6.07 Å². The minimum Gasteiger partial charge on any atom is -0.371 e. The van der Waals surface area contributed by atoms with Gasteiger partial charge in [-0.05, 0) is 31.5 Å². The van der Waals surface area contributed by atoms with Gasteiger partial charge in [-0.25, -0.2) is 9.37 Å². The molecule has 0 radical (unpaired) electrons. The Bertz CT molecular complexity index is 707. The van der Waals surface area contributed by atoms with Crippen LogP contribution in [0.25, 0.3) is 0 Å². The molecule has 24 heavy (non-hydrogen) atoms. The van der Waals surface area contributed by atoms with Crippen molar-refractivity contribution in [2.24, 2.45) is 0 Å². The molecule has 1 aromatic heterocycles. The van der Waals surface area contributed by atoms with Crippen molar-refractivity contribution in [2.75, 3.05) is 25.0 Å². The van der Waals surface area contributed by atoms with Gasteiger partial charge in [0.1, 0.15) is 5.82 Å². The number of nitrogens with one attached hydrogen (secondary N) is 1. The zero-order valence-electron chi connectivity index (χ0n) is 13.5. The Morgan fingerprint density at radius 3 is 3.17 bits per heavy atom. The Labute approximate surface area is 144 Å². The van der Waals surface area contributed by atoms with E-state index in [1.54, 1.807) is 23.5 Å². The number of aryl methyl sites for hydroxylation is 1. The fraction of sp³-hybridized carbons (Fsp3) is 0.412. The Morgan fingerprint density at radius 1 is 1.54 bits per heavy atom. The molecule has 1 amide bonds. The number of aromatic nitrogens is 1. The lowest BCUT2D eigenvalue weighted by atomic mass is 10.3. The first kappa shape index (κ1) is 17.0. The maximum absolute atomic E-state index is 13.1. The highest BCUT2D eigenvalue weighted by Crippen LogP contribution is 2.16. The molecule has 1 fully saturated rings. The molecule has 1 saturated heterocycles. The van der Waals surface area contributed by atoms with Gasteiger partial charge in [-0.2, -0.15) is 0 Å². The van der Waals surface area contributed by atoms with Crippen LogP contribution in [0, 0.1) is 12.7 Å². The molecule has 1 atom stereocenters. The molecule has 1 aliphatic rings. The normalized spacial score (nSPS) is 18.0. The summed E-state index contributed by atoms with van der Waals surface area (Å²) in [5, 5.41) is 5.76. The molecule has 0 saturated carbocycles. The molecule has 0 unspecified atom stereocenters. The maximum atomic E-state index is 13.1. The largest absolute Gasteiger partial charge is 0.371 e. The third kappa shape index (κ3) is 4.83. The second kappa shape index (κ2) is 7.83. The minimum absolute atomic E-state index is 0.119. The Balaban J connectivity index is 1.41. The summed E-state index contributed by atoms with van der Waals surface area (Å²) in [6.07, 6.45) is 1.02. The Morgan fingerprint density at radius 2 is 2.42 bits per heavy atom. The molecule has 0 aliphatic carbocycles. The van der Waals surface area contributed by atoms with Crippen molar-refractivity contribution in [3.05, 3.63) is 46.2 Å². The zero-order valence-corrected chi connectivity index (χ0v) is 14.3. The molecule has 1 aliphatic heterocycles. The van der Waals surface area contributed by atoms with Gasteiger partial charge in [-0.3, -0.25) is 9.69 Å². The van der Waals surface area contributed by atoms with Gasteiger partial charge in [0, 0.05) is 24.2 Å². The van der Waals surface area contributed by atoms with Crippen LogP contribution in [0.5, 0.6) is 0 Å². The zero-order chi connectivity index (χ0) is 16.9. The number of carbonyl (C=O) groups is 1. The fourth-order valence-corrected chi connectivity index (χ4v) is 3.32. The van der Waals surface area contributed by atoms with Crippen molar-refractivity contribution in [1.82, 2.24) is 9.88 Å². The van der Waals surface area contributed by atoms with Gasteiger partial charge < -0.3 is 10.1 Å². The molecule has 7 heteroatoms. The first-order valence-corrected chi connectivity index (χ1v) is 8.77. The minimum atomic E-state index is -0.361. The molecule has 0 bridgehead atoms. The van der Waals surface area contributed by atoms with Crippen molar-refractivity contribution in [2.45, 2.75) is 26.1 Å². The molecular weight excluding hydrogens is 329 g/mol. The van der Waals surface area contributed by atoms with E-state index in [4.69, 9.17) is 4.74 Å². The number of thiazole rings is 1. The first-order valence-electron chi connectivity index (χ1n) is 7.89. The molecule has 2 heterocycles. The number of ether oxygens (including phenoxy) is 1. The number of anilines is 1. The topological polar surface area (TPSA) is 54.5 Å². The molecular formula is C17H20FN3O2S. The number of benzene rings is 1. The molecule has 5 nitrogen and oxygen atoms in total. The third-order valence-corrected chi connectivity index (χ3v) is 4.66. The van der Waals surface area contributed by atoms with Gasteiger partial charge in [0.15, 0.2) is 0 Å². The standard InChI is InChI=1S/C17H20FN3O2S/c1-12-19-15(11-24-12)10-23-16-5-6-21(8-16)9-17(22)20-14-4-2-3-13(18)7-14/h2-4,7,11,16H,5-6,8-10H2,1H3,(H,20,22)/t16-/m1/s1. The average molecular weight is 349 g/mol. The fourth-order valence-electron chi connectivity index (χ4n) is 2.72. The average Bonchev–Trinajstić information content (AvgIpc) is 3.14. The van der Waals surface area contributed by atoms with E-state index in [9.17, 15) is 9.18 Å². The van der Waals surface area contributed by atoms with Gasteiger partial charge in [0.25, 0.3) is 0 Å². The SMILES string of the molecule is Cc1nc(CO[C@@H]2CCN(CC(=O)Nc3cccc(F)c3)C2)cs1. The third-order valence-electron chi connectivity index (χ3n) is 3.84. The summed E-state index contributed by atoms with van der Waals surface area (Å²) < 4.78 is 19.0. The van der Waals surface area contributed by atoms with Crippen LogP contribution in [0.3, 0.4) is 0 Å². The van der Waals surface area contributed by atoms with Crippen LogP contribution in [0.2, 0.25) is 0 Å². The monoisotopic (exact) mass is 349 g/mol. The molecule has 1 aromatic carbocycles. The van der Waals surface area contributed by atoms with Gasteiger partial charge in [0.05, 0.1) is 30.0 Å². The number of carbonyl (C=O) groups excluding carboxylic acids is 1. The second-order valence-corrected chi connectivity index (χ2v) is 6.94. The van der Waals surface area contributed by atoms with E-state index in [0.29, 0.717) is 12.3 Å². The van der Waals surface area contributed by atoms with Crippen LogP contribution in [0.4, 0.5) is 10.1 Å². The van der Waals surface area contributed by atoms with Crippen LogP contribution < -0.4 is 5.32 Å². The lowest BCUT2D eigenvalue weighted by Crippen LogP contribution is -2.32. The van der Waals surface area contributed by atoms with Crippen molar-refractivity contribution in [3.8, 4) is 0 Å². The number of hydrogen-bond acceptors (Lipinski definition) is 5. The van der Waals surface area contributed by atoms with E-state index >= 15 is 0 Å². The van der Waals surface area contributed by atoms with Crippen molar-refractivity contribution in [3.63, 3.8) is 0 Å². The summed E-state index contributed by atoms with van der Waals surface area (Å²) in [6, 6.07) is 5.91. The van der Waals surface area contributed by atoms with E-state index in [2.05, 4.69) is 10.3 Å². The van der Waals surface area contributed by atoms with Gasteiger partial charge >= 0.3 is 0 Å². The van der Waals surface area contributed by atoms with E-state index in [1.807, 2.05) is 17.2 Å². The first-order chi connectivity index (χ1) is 11.6. The van der Waals surface area contributed by atoms with Crippen LogP contribution in [0.15, 0.2) is 29.6 Å². The predicted molar refractivity (Wildman–Crippen MR) is 91.5 cm³/mol. The molecule has 128 valence electrons. The summed E-state index contributed by atoms with van der Waals surface area (Å²) in [5.74, 6) is -0.504. The van der Waals surface area contributed by atoms with E-state index in [0.717, 1.165) is 30.2 Å². The number of halogens is 1. The van der Waals surface area contributed by atoms with Gasteiger partial charge in [0.2, 0.25) is 5.91 Å². The van der Waals surface area contributed by atoms with Crippen LogP contribution in [0.1, 0.15) is 17.1 Å². The van der Waals surface area contributed by atoms with Crippen LogP contribution in [-0.2, 0) is 16.1 Å². The number of likely N-dealkylation sites (tertiary alicyclic amines) is 1. The lowest BCUT2D eigenvalue weighted by molar-refractivity contribution is -0.117. The van der Waals surface area contributed by atoms with Gasteiger partial charge in [-0.15, -0.1) is 11.3 Å². The quantitative estimate of drug-likeness (QED) is 0.871. The van der Waals surface area contributed by atoms with Crippen molar-refractivity contribution < 1.29 is 13.9 Å². The molecule has 3 rings (SSSR count). The smallest absolute Gasteiger partial charge is 0.238 e. The summed E-state index contributed by atoms with van der Waals surface area (Å²) >= 11 is 1.62. The number of amides is 1. The summed E-state index contributed by atoms with van der Waals surface area (Å²) in [7, 11) is 0. The highest BCUT2D eigenvalue weighted by Gasteiger charge is 2.24.